The van der Waals surface area contributed by atoms with Crippen LogP contribution in [0.1, 0.15) is 113 Å². The maximum absolute atomic E-state index is 14.5. The van der Waals surface area contributed by atoms with Crippen LogP contribution in [0.5, 0.6) is 0 Å². The lowest BCUT2D eigenvalue weighted by Gasteiger charge is -2.70. The van der Waals surface area contributed by atoms with E-state index in [1.807, 2.05) is 6.92 Å². The van der Waals surface area contributed by atoms with E-state index >= 15 is 0 Å². The highest BCUT2D eigenvalue weighted by molar-refractivity contribution is 6.05. The monoisotopic (exact) mass is 626 g/mol. The number of fused-ring (bicyclic) bond motifs is 1. The summed E-state index contributed by atoms with van der Waals surface area (Å²) in [5.41, 5.74) is -1.99. The van der Waals surface area contributed by atoms with Crippen LogP contribution in [0.4, 0.5) is 0 Å². The smallest absolute Gasteiger partial charge is 0.335 e. The summed E-state index contributed by atoms with van der Waals surface area (Å²) < 4.78 is 31.6. The van der Waals surface area contributed by atoms with E-state index in [0.717, 1.165) is 19.3 Å². The Labute approximate surface area is 268 Å². The van der Waals surface area contributed by atoms with Crippen molar-refractivity contribution in [3.05, 3.63) is 11.1 Å². The molecule has 0 aromatic carbocycles. The Hall–Kier alpha value is -1.93. The van der Waals surface area contributed by atoms with Crippen molar-refractivity contribution < 1.29 is 38.1 Å². The summed E-state index contributed by atoms with van der Waals surface area (Å²) in [5.74, 6) is 0.630. The van der Waals surface area contributed by atoms with Crippen LogP contribution in [0.25, 0.3) is 0 Å². The molecule has 8 nitrogen and oxygen atoms in total. The number of carbonyl (C=O) groups is 3. The summed E-state index contributed by atoms with van der Waals surface area (Å²) in [5, 5.41) is 0. The molecule has 2 heterocycles. The molecule has 0 unspecified atom stereocenters. The van der Waals surface area contributed by atoms with Crippen molar-refractivity contribution in [2.75, 3.05) is 13.2 Å². The number of esters is 3. The fourth-order valence-corrected chi connectivity index (χ4v) is 12.9. The van der Waals surface area contributed by atoms with E-state index in [-0.39, 0.29) is 54.9 Å². The lowest BCUT2D eigenvalue weighted by molar-refractivity contribution is -0.203. The molecule has 2 bridgehead atoms. The molecule has 8 rings (SSSR count). The first-order chi connectivity index (χ1) is 21.3. The summed E-state index contributed by atoms with van der Waals surface area (Å²) in [4.78, 5) is 41.2. The molecule has 0 radical (unpaired) electrons. The average Bonchev–Trinajstić information content (AvgIpc) is 3.87. The number of hydrogen-bond acceptors (Lipinski definition) is 8. The molecule has 6 aliphatic carbocycles. The fourth-order valence-electron chi connectivity index (χ4n) is 12.9. The normalized spacial score (nSPS) is 47.1. The van der Waals surface area contributed by atoms with Crippen molar-refractivity contribution in [3.63, 3.8) is 0 Å². The molecule has 12 atom stereocenters. The second-order valence-corrected chi connectivity index (χ2v) is 16.4. The molecule has 250 valence electrons. The molecule has 8 aliphatic rings. The van der Waals surface area contributed by atoms with Gasteiger partial charge in [0.2, 0.25) is 0 Å². The van der Waals surface area contributed by atoms with Gasteiger partial charge in [0.15, 0.2) is 0 Å². The van der Waals surface area contributed by atoms with Crippen LogP contribution < -0.4 is 0 Å². The average molecular weight is 627 g/mol. The second kappa shape index (κ2) is 10.3. The highest BCUT2D eigenvalue weighted by Crippen LogP contribution is 2.91. The van der Waals surface area contributed by atoms with Crippen molar-refractivity contribution in [2.24, 2.45) is 45.3 Å². The lowest BCUT2D eigenvalue weighted by Crippen LogP contribution is -2.78. The first-order valence-electron chi connectivity index (χ1n) is 17.9. The van der Waals surface area contributed by atoms with Gasteiger partial charge >= 0.3 is 17.9 Å². The van der Waals surface area contributed by atoms with Crippen molar-refractivity contribution in [3.8, 4) is 0 Å². The molecule has 0 aromatic heterocycles. The third kappa shape index (κ3) is 3.70. The molecule has 0 aromatic rings. The Kier molecular flexibility index (Phi) is 7.23. The van der Waals surface area contributed by atoms with Crippen LogP contribution in [0.2, 0.25) is 0 Å². The quantitative estimate of drug-likeness (QED) is 0.157. The largest absolute Gasteiger partial charge is 0.463 e. The molecule has 4 saturated carbocycles. The fraction of sp³-hybridized carbons (Fsp3) is 0.865. The van der Waals surface area contributed by atoms with Crippen molar-refractivity contribution in [1.82, 2.24) is 0 Å². The first-order valence-corrected chi connectivity index (χ1v) is 17.9. The van der Waals surface area contributed by atoms with Crippen LogP contribution in [0.15, 0.2) is 11.1 Å². The van der Waals surface area contributed by atoms with Crippen molar-refractivity contribution >= 4 is 17.9 Å². The minimum absolute atomic E-state index is 0.0322. The minimum atomic E-state index is -0.878. The number of epoxide rings is 2. The number of carbonyl (C=O) groups excluding carboxylic acids is 3. The van der Waals surface area contributed by atoms with Gasteiger partial charge in [-0.25, -0.2) is 9.59 Å². The van der Waals surface area contributed by atoms with Gasteiger partial charge in [0.1, 0.15) is 11.7 Å². The second-order valence-electron chi connectivity index (χ2n) is 16.4. The maximum Gasteiger partial charge on any atom is 0.335 e. The first kappa shape index (κ1) is 31.7. The van der Waals surface area contributed by atoms with Crippen LogP contribution in [-0.2, 0) is 38.1 Å². The van der Waals surface area contributed by atoms with Crippen molar-refractivity contribution in [1.29, 1.82) is 0 Å². The van der Waals surface area contributed by atoms with Gasteiger partial charge in [-0.15, -0.1) is 0 Å². The predicted octanol–water partition coefficient (Wildman–Crippen LogP) is 6.33. The molecule has 3 spiro atoms. The zero-order valence-electron chi connectivity index (χ0n) is 28.7. The zero-order valence-corrected chi connectivity index (χ0v) is 28.7. The van der Waals surface area contributed by atoms with E-state index in [4.69, 9.17) is 23.7 Å². The molecular formula is C37H54O8. The Balaban J connectivity index is 1.43. The summed E-state index contributed by atoms with van der Waals surface area (Å²) in [6.45, 7) is 17.2. The minimum Gasteiger partial charge on any atom is -0.463 e. The highest BCUT2D eigenvalue weighted by atomic mass is 16.6. The SMILES string of the molecule is CCOC(=O)C1=C(C(=O)OCC)[C@]23C[C@@H](OC(C)=O)CC[C@]2(C)[C@@]24O[C@@H]2C[C@]2(C)[C@@H]([C@H](C)CCCC(C)C)CC[C@H]2[C@]14[C@H]1O[C@H]13. The molecule has 0 N–H and O–H groups in total. The van der Waals surface area contributed by atoms with Crippen LogP contribution in [0, 0.1) is 45.3 Å². The third-order valence-electron chi connectivity index (χ3n) is 14.2. The molecule has 2 saturated heterocycles. The van der Waals surface area contributed by atoms with E-state index < -0.39 is 33.8 Å². The van der Waals surface area contributed by atoms with Gasteiger partial charge in [-0.05, 0) is 81.5 Å². The van der Waals surface area contributed by atoms with E-state index in [1.54, 1.807) is 6.92 Å². The summed E-state index contributed by atoms with van der Waals surface area (Å²) in [7, 11) is 0. The standard InChI is InChI=1S/C37H54O8/c1-9-41-31(39)27-28(32(40)42-10-2)36-25-15-14-24(21(5)13-11-12-20(3)4)33(25,7)19-26-37(36,45-26)34(8)17-16-23(43-22(6)38)18-35(27,34)29-30(36)44-29/h20-21,23-26,29-30H,9-19H2,1-8H3/t21-,23+,24-,25-,26-,29-,30+,33-,34+,35+,36-,37+/m1/s1. The Morgan fingerprint density at radius 1 is 0.911 bits per heavy atom. The van der Waals surface area contributed by atoms with E-state index in [2.05, 4.69) is 34.6 Å². The van der Waals surface area contributed by atoms with E-state index in [1.165, 1.54) is 26.2 Å². The maximum atomic E-state index is 14.5. The Morgan fingerprint density at radius 3 is 2.24 bits per heavy atom. The molecule has 6 fully saturated rings. The molecule has 45 heavy (non-hydrogen) atoms. The molecule has 8 heteroatoms. The van der Waals surface area contributed by atoms with Gasteiger partial charge in [-0.3, -0.25) is 4.79 Å². The lowest BCUT2D eigenvalue weighted by atomic mass is 9.28. The number of hydrogen-bond donors (Lipinski definition) is 0. The summed E-state index contributed by atoms with van der Waals surface area (Å²) in [6.07, 6.45) is 7.58. The van der Waals surface area contributed by atoms with Gasteiger partial charge in [0.25, 0.3) is 0 Å². The van der Waals surface area contributed by atoms with E-state index in [9.17, 15) is 14.4 Å². The summed E-state index contributed by atoms with van der Waals surface area (Å²) >= 11 is 0. The van der Waals surface area contributed by atoms with Gasteiger partial charge in [0, 0.05) is 17.8 Å². The van der Waals surface area contributed by atoms with Gasteiger partial charge < -0.3 is 23.7 Å². The highest BCUT2D eigenvalue weighted by Gasteiger charge is 2.99. The summed E-state index contributed by atoms with van der Waals surface area (Å²) in [6, 6.07) is 0. The van der Waals surface area contributed by atoms with E-state index in [0.29, 0.717) is 48.2 Å². The van der Waals surface area contributed by atoms with Crippen LogP contribution >= 0.6 is 0 Å². The molecule has 2 aliphatic heterocycles. The number of rotatable bonds is 10. The molecular weight excluding hydrogens is 572 g/mol. The molecule has 0 amide bonds. The predicted molar refractivity (Wildman–Crippen MR) is 166 cm³/mol. The Bertz CT molecular complexity index is 1320. The van der Waals surface area contributed by atoms with Crippen LogP contribution in [0.3, 0.4) is 0 Å². The zero-order chi connectivity index (χ0) is 32.3. The topological polar surface area (TPSA) is 104 Å². The Morgan fingerprint density at radius 2 is 1.60 bits per heavy atom. The van der Waals surface area contributed by atoms with Crippen molar-refractivity contribution in [2.45, 2.75) is 143 Å². The number of ether oxygens (including phenoxy) is 5. The van der Waals surface area contributed by atoms with Gasteiger partial charge in [0.05, 0.1) is 48.1 Å². The third-order valence-corrected chi connectivity index (χ3v) is 14.2. The van der Waals surface area contributed by atoms with Crippen LogP contribution in [-0.4, -0.2) is 61.1 Å². The van der Waals surface area contributed by atoms with Gasteiger partial charge in [-0.1, -0.05) is 53.9 Å². The van der Waals surface area contributed by atoms with Gasteiger partial charge in [-0.2, -0.15) is 0 Å².